The number of hydrazine groups is 1. The van der Waals surface area contributed by atoms with E-state index in [1.807, 2.05) is 0 Å². The molecule has 2 atom stereocenters. The fourth-order valence-corrected chi connectivity index (χ4v) is 2.59. The maximum Gasteiger partial charge on any atom is 0.410 e. The molecule has 0 aliphatic carbocycles. The number of hydrogen-bond acceptors (Lipinski definition) is 4. The van der Waals surface area contributed by atoms with E-state index < -0.39 is 18.2 Å². The standard InChI is InChI=1S/C14H26F3N3O2/c1-13(2,3)22-12(21)20-8-6-10(9-20)11(19-18)5-4-7-14(15,16)17/h10-11,19H,4-9,18H2,1-3H3. The largest absolute Gasteiger partial charge is 0.444 e. The second-order valence-electron chi connectivity index (χ2n) is 6.76. The Hall–Kier alpha value is -1.02. The molecule has 3 N–H and O–H groups in total. The van der Waals surface area contributed by atoms with Gasteiger partial charge in [-0.25, -0.2) is 4.79 Å². The Morgan fingerprint density at radius 3 is 2.55 bits per heavy atom. The number of ether oxygens (including phenoxy) is 1. The van der Waals surface area contributed by atoms with Gasteiger partial charge >= 0.3 is 12.3 Å². The highest BCUT2D eigenvalue weighted by atomic mass is 19.4. The second kappa shape index (κ2) is 7.50. The lowest BCUT2D eigenvalue weighted by atomic mass is 9.94. The van der Waals surface area contributed by atoms with Crippen molar-refractivity contribution in [2.75, 3.05) is 13.1 Å². The number of rotatable bonds is 5. The third-order valence-corrected chi connectivity index (χ3v) is 3.63. The molecule has 0 aromatic heterocycles. The van der Waals surface area contributed by atoms with Crippen LogP contribution in [-0.2, 0) is 4.74 Å². The van der Waals surface area contributed by atoms with Crippen molar-refractivity contribution in [3.8, 4) is 0 Å². The van der Waals surface area contributed by atoms with Crippen LogP contribution in [0.3, 0.4) is 0 Å². The topological polar surface area (TPSA) is 67.6 Å². The Morgan fingerprint density at radius 2 is 2.05 bits per heavy atom. The summed E-state index contributed by atoms with van der Waals surface area (Å²) < 4.78 is 41.9. The van der Waals surface area contributed by atoms with Gasteiger partial charge in [0.25, 0.3) is 0 Å². The van der Waals surface area contributed by atoms with E-state index in [0.29, 0.717) is 25.9 Å². The van der Waals surface area contributed by atoms with E-state index in [4.69, 9.17) is 10.6 Å². The molecule has 1 amide bonds. The van der Waals surface area contributed by atoms with Gasteiger partial charge in [0.1, 0.15) is 5.60 Å². The molecular formula is C14H26F3N3O2. The zero-order valence-electron chi connectivity index (χ0n) is 13.4. The number of nitrogens with zero attached hydrogens (tertiary/aromatic N) is 1. The molecule has 1 heterocycles. The van der Waals surface area contributed by atoms with Gasteiger partial charge in [0.05, 0.1) is 0 Å². The number of carbonyl (C=O) groups excluding carboxylic acids is 1. The van der Waals surface area contributed by atoms with E-state index in [-0.39, 0.29) is 24.5 Å². The molecule has 1 saturated heterocycles. The highest BCUT2D eigenvalue weighted by Gasteiger charge is 2.34. The molecule has 5 nitrogen and oxygen atoms in total. The van der Waals surface area contributed by atoms with Crippen molar-refractivity contribution in [1.82, 2.24) is 10.3 Å². The number of amides is 1. The highest BCUT2D eigenvalue weighted by molar-refractivity contribution is 5.68. The molecule has 0 bridgehead atoms. The van der Waals surface area contributed by atoms with Crippen molar-refractivity contribution in [3.05, 3.63) is 0 Å². The number of alkyl halides is 3. The summed E-state index contributed by atoms with van der Waals surface area (Å²) in [5.41, 5.74) is 2.03. The van der Waals surface area contributed by atoms with Gasteiger partial charge in [-0.1, -0.05) is 0 Å². The first kappa shape index (κ1) is 19.0. The van der Waals surface area contributed by atoms with Crippen molar-refractivity contribution in [2.24, 2.45) is 11.8 Å². The van der Waals surface area contributed by atoms with E-state index in [2.05, 4.69) is 5.43 Å². The smallest absolute Gasteiger partial charge is 0.410 e. The lowest BCUT2D eigenvalue weighted by Crippen LogP contribution is -2.43. The van der Waals surface area contributed by atoms with Gasteiger partial charge in [-0.2, -0.15) is 13.2 Å². The molecule has 8 heteroatoms. The van der Waals surface area contributed by atoms with Crippen LogP contribution in [0.1, 0.15) is 46.5 Å². The van der Waals surface area contributed by atoms with Crippen LogP contribution in [0.5, 0.6) is 0 Å². The summed E-state index contributed by atoms with van der Waals surface area (Å²) in [6.45, 7) is 6.37. The molecule has 2 unspecified atom stereocenters. The van der Waals surface area contributed by atoms with Crippen LogP contribution in [0.4, 0.5) is 18.0 Å². The van der Waals surface area contributed by atoms with Gasteiger partial charge in [0.2, 0.25) is 0 Å². The summed E-state index contributed by atoms with van der Waals surface area (Å²) in [6, 6.07) is -0.227. The molecule has 0 radical (unpaired) electrons. The summed E-state index contributed by atoms with van der Waals surface area (Å²) >= 11 is 0. The molecule has 1 aliphatic heterocycles. The van der Waals surface area contributed by atoms with Crippen molar-refractivity contribution < 1.29 is 22.7 Å². The van der Waals surface area contributed by atoms with Gasteiger partial charge in [-0.05, 0) is 46.0 Å². The first-order chi connectivity index (χ1) is 10.0. The lowest BCUT2D eigenvalue weighted by molar-refractivity contribution is -0.136. The normalized spacial score (nSPS) is 21.0. The van der Waals surface area contributed by atoms with Crippen molar-refractivity contribution in [3.63, 3.8) is 0 Å². The summed E-state index contributed by atoms with van der Waals surface area (Å²) in [4.78, 5) is 13.6. The van der Waals surface area contributed by atoms with Crippen molar-refractivity contribution in [2.45, 2.75) is 64.3 Å². The quantitative estimate of drug-likeness (QED) is 0.602. The number of nitrogens with two attached hydrogens (primary N) is 1. The fourth-order valence-electron chi connectivity index (χ4n) is 2.59. The van der Waals surface area contributed by atoms with Crippen LogP contribution in [0, 0.1) is 5.92 Å². The second-order valence-corrected chi connectivity index (χ2v) is 6.76. The van der Waals surface area contributed by atoms with Gasteiger partial charge < -0.3 is 9.64 Å². The van der Waals surface area contributed by atoms with Crippen LogP contribution in [-0.4, -0.2) is 41.9 Å². The number of halogens is 3. The predicted octanol–water partition coefficient (Wildman–Crippen LogP) is 2.81. The third-order valence-electron chi connectivity index (χ3n) is 3.63. The minimum absolute atomic E-state index is 0.0291. The van der Waals surface area contributed by atoms with Crippen LogP contribution < -0.4 is 11.3 Å². The van der Waals surface area contributed by atoms with Crippen molar-refractivity contribution in [1.29, 1.82) is 0 Å². The molecule has 1 fully saturated rings. The van der Waals surface area contributed by atoms with Gasteiger partial charge in [-0.15, -0.1) is 0 Å². The highest BCUT2D eigenvalue weighted by Crippen LogP contribution is 2.27. The zero-order valence-corrected chi connectivity index (χ0v) is 13.4. The third kappa shape index (κ3) is 6.83. The molecule has 130 valence electrons. The average Bonchev–Trinajstić information content (AvgIpc) is 2.80. The Bertz CT molecular complexity index is 369. The van der Waals surface area contributed by atoms with Crippen LogP contribution in [0.2, 0.25) is 0 Å². The summed E-state index contributed by atoms with van der Waals surface area (Å²) in [5.74, 6) is 5.51. The Morgan fingerprint density at radius 1 is 1.41 bits per heavy atom. The van der Waals surface area contributed by atoms with Gasteiger partial charge in [0.15, 0.2) is 0 Å². The van der Waals surface area contributed by atoms with E-state index in [1.165, 1.54) is 0 Å². The summed E-state index contributed by atoms with van der Waals surface area (Å²) in [5, 5.41) is 0. The van der Waals surface area contributed by atoms with Crippen molar-refractivity contribution >= 4 is 6.09 Å². The number of hydrogen-bond donors (Lipinski definition) is 2. The predicted molar refractivity (Wildman–Crippen MR) is 76.9 cm³/mol. The fraction of sp³-hybridized carbons (Fsp3) is 0.929. The number of carbonyl (C=O) groups is 1. The Labute approximate surface area is 129 Å². The Kier molecular flexibility index (Phi) is 6.49. The molecule has 1 rings (SSSR count). The van der Waals surface area contributed by atoms with E-state index in [9.17, 15) is 18.0 Å². The minimum Gasteiger partial charge on any atom is -0.444 e. The first-order valence-corrected chi connectivity index (χ1v) is 7.52. The van der Waals surface area contributed by atoms with E-state index in [1.54, 1.807) is 25.7 Å². The number of likely N-dealkylation sites (tertiary alicyclic amines) is 1. The maximum atomic E-state index is 12.2. The number of nitrogens with one attached hydrogen (secondary N) is 1. The average molecular weight is 325 g/mol. The molecule has 0 spiro atoms. The molecule has 0 aromatic rings. The molecule has 1 aliphatic rings. The molecule has 22 heavy (non-hydrogen) atoms. The van der Waals surface area contributed by atoms with E-state index in [0.717, 1.165) is 0 Å². The Balaban J connectivity index is 2.44. The summed E-state index contributed by atoms with van der Waals surface area (Å²) in [7, 11) is 0. The molecule has 0 aromatic carbocycles. The lowest BCUT2D eigenvalue weighted by Gasteiger charge is -2.26. The van der Waals surface area contributed by atoms with Gasteiger partial charge in [-0.3, -0.25) is 11.3 Å². The first-order valence-electron chi connectivity index (χ1n) is 7.52. The van der Waals surface area contributed by atoms with Crippen LogP contribution in [0.25, 0.3) is 0 Å². The van der Waals surface area contributed by atoms with Crippen LogP contribution >= 0.6 is 0 Å². The molecular weight excluding hydrogens is 299 g/mol. The van der Waals surface area contributed by atoms with E-state index >= 15 is 0 Å². The maximum absolute atomic E-state index is 12.2. The van der Waals surface area contributed by atoms with Crippen LogP contribution in [0.15, 0.2) is 0 Å². The summed E-state index contributed by atoms with van der Waals surface area (Å²) in [6.07, 6.45) is -4.27. The molecule has 0 saturated carbocycles. The SMILES string of the molecule is CC(C)(C)OC(=O)N1CCC(C(CCCC(F)(F)F)NN)C1. The minimum atomic E-state index is -4.14. The zero-order chi connectivity index (χ0) is 17.0. The van der Waals surface area contributed by atoms with Gasteiger partial charge in [0, 0.05) is 25.6 Å². The monoisotopic (exact) mass is 325 g/mol.